The van der Waals surface area contributed by atoms with E-state index in [2.05, 4.69) is 34.3 Å². The summed E-state index contributed by atoms with van der Waals surface area (Å²) in [6.45, 7) is 4.14. The van der Waals surface area contributed by atoms with E-state index in [1.165, 1.54) is 0 Å². The summed E-state index contributed by atoms with van der Waals surface area (Å²) in [5.41, 5.74) is 0.688. The Balaban J connectivity index is 2.49. The molecular formula is C12H15N5OS. The Morgan fingerprint density at radius 1 is 1.37 bits per heavy atom. The first kappa shape index (κ1) is 13.5. The minimum atomic E-state index is 0.233. The van der Waals surface area contributed by atoms with E-state index in [-0.39, 0.29) is 6.04 Å². The van der Waals surface area contributed by atoms with Gasteiger partial charge in [0.05, 0.1) is 0 Å². The van der Waals surface area contributed by atoms with Crippen molar-refractivity contribution < 1.29 is 4.79 Å². The van der Waals surface area contributed by atoms with E-state index in [0.717, 1.165) is 5.16 Å². The second-order valence-electron chi connectivity index (χ2n) is 4.14. The predicted molar refractivity (Wildman–Crippen MR) is 75.1 cm³/mol. The van der Waals surface area contributed by atoms with Crippen molar-refractivity contribution in [2.45, 2.75) is 25.0 Å². The van der Waals surface area contributed by atoms with Gasteiger partial charge in [0.25, 0.3) is 0 Å². The minimum absolute atomic E-state index is 0.233. The van der Waals surface area contributed by atoms with E-state index >= 15 is 0 Å². The van der Waals surface area contributed by atoms with Crippen LogP contribution >= 0.6 is 11.8 Å². The van der Waals surface area contributed by atoms with Crippen LogP contribution in [0.1, 0.15) is 19.9 Å². The van der Waals surface area contributed by atoms with E-state index in [0.29, 0.717) is 23.7 Å². The van der Waals surface area contributed by atoms with Crippen molar-refractivity contribution in [3.8, 4) is 11.5 Å². The van der Waals surface area contributed by atoms with Gasteiger partial charge >= 0.3 is 0 Å². The van der Waals surface area contributed by atoms with Gasteiger partial charge in [-0.3, -0.25) is 9.36 Å². The number of pyridine rings is 1. The Labute approximate surface area is 115 Å². The van der Waals surface area contributed by atoms with Crippen molar-refractivity contribution in [3.05, 3.63) is 18.2 Å². The van der Waals surface area contributed by atoms with E-state index in [4.69, 9.17) is 0 Å². The molecule has 0 spiro atoms. The molecule has 1 N–H and O–H groups in total. The SMILES string of the molecule is CSc1nnc(-c2cccc(NC=O)n2)n1C(C)C. The zero-order chi connectivity index (χ0) is 13.8. The van der Waals surface area contributed by atoms with Crippen LogP contribution in [-0.4, -0.2) is 32.4 Å². The summed E-state index contributed by atoms with van der Waals surface area (Å²) in [6.07, 6.45) is 2.57. The third kappa shape index (κ3) is 2.76. The topological polar surface area (TPSA) is 72.7 Å². The second-order valence-corrected chi connectivity index (χ2v) is 4.92. The smallest absolute Gasteiger partial charge is 0.212 e. The zero-order valence-corrected chi connectivity index (χ0v) is 11.8. The molecule has 0 atom stereocenters. The van der Waals surface area contributed by atoms with Crippen LogP contribution in [0.25, 0.3) is 11.5 Å². The molecule has 6 nitrogen and oxygen atoms in total. The highest BCUT2D eigenvalue weighted by molar-refractivity contribution is 7.98. The van der Waals surface area contributed by atoms with Gasteiger partial charge in [-0.2, -0.15) is 0 Å². The fourth-order valence-electron chi connectivity index (χ4n) is 1.76. The molecule has 2 aromatic rings. The van der Waals surface area contributed by atoms with Crippen LogP contribution in [0.15, 0.2) is 23.4 Å². The standard InChI is InChI=1S/C12H15N5OS/c1-8(2)17-11(15-16-12(17)19-3)9-5-4-6-10(14-9)13-7-18/h4-8H,1-3H3,(H,13,14,18). The van der Waals surface area contributed by atoms with Crippen LogP contribution in [0.5, 0.6) is 0 Å². The monoisotopic (exact) mass is 277 g/mol. The largest absolute Gasteiger partial charge is 0.313 e. The van der Waals surface area contributed by atoms with Crippen molar-refractivity contribution in [3.63, 3.8) is 0 Å². The fraction of sp³-hybridized carbons (Fsp3) is 0.333. The van der Waals surface area contributed by atoms with Crippen LogP contribution in [0.4, 0.5) is 5.82 Å². The predicted octanol–water partition coefficient (Wildman–Crippen LogP) is 2.21. The number of thioether (sulfide) groups is 1. The number of nitrogens with zero attached hydrogens (tertiary/aromatic N) is 4. The van der Waals surface area contributed by atoms with Crippen LogP contribution in [-0.2, 0) is 4.79 Å². The van der Waals surface area contributed by atoms with E-state index < -0.39 is 0 Å². The summed E-state index contributed by atoms with van der Waals surface area (Å²) in [4.78, 5) is 14.8. The molecule has 19 heavy (non-hydrogen) atoms. The number of rotatable bonds is 5. The molecule has 0 unspecified atom stereocenters. The molecule has 2 rings (SSSR count). The normalized spacial score (nSPS) is 10.7. The molecule has 2 heterocycles. The molecule has 0 saturated carbocycles. The maximum atomic E-state index is 10.5. The first-order chi connectivity index (χ1) is 9.17. The Hall–Kier alpha value is -1.89. The van der Waals surface area contributed by atoms with Gasteiger partial charge in [0, 0.05) is 6.04 Å². The van der Waals surface area contributed by atoms with Crippen LogP contribution in [0.2, 0.25) is 0 Å². The third-order valence-corrected chi connectivity index (χ3v) is 3.19. The Kier molecular flexibility index (Phi) is 4.16. The highest BCUT2D eigenvalue weighted by Gasteiger charge is 2.16. The highest BCUT2D eigenvalue weighted by atomic mass is 32.2. The number of anilines is 1. The minimum Gasteiger partial charge on any atom is -0.313 e. The van der Waals surface area contributed by atoms with Crippen molar-refractivity contribution in [2.24, 2.45) is 0 Å². The van der Waals surface area contributed by atoms with Crippen molar-refractivity contribution in [2.75, 3.05) is 11.6 Å². The molecular weight excluding hydrogens is 262 g/mol. The van der Waals surface area contributed by atoms with Gasteiger partial charge in [-0.05, 0) is 32.2 Å². The van der Waals surface area contributed by atoms with Gasteiger partial charge in [0.2, 0.25) is 6.41 Å². The summed E-state index contributed by atoms with van der Waals surface area (Å²) in [5.74, 6) is 1.20. The van der Waals surface area contributed by atoms with Crippen molar-refractivity contribution in [1.29, 1.82) is 0 Å². The fourth-order valence-corrected chi connectivity index (χ4v) is 2.37. The van der Waals surface area contributed by atoms with Crippen LogP contribution < -0.4 is 5.32 Å². The summed E-state index contributed by atoms with van der Waals surface area (Å²) < 4.78 is 2.03. The number of hydrogen-bond acceptors (Lipinski definition) is 5. The second kappa shape index (κ2) is 5.83. The summed E-state index contributed by atoms with van der Waals surface area (Å²) in [6, 6.07) is 5.63. The summed E-state index contributed by atoms with van der Waals surface area (Å²) in [5, 5.41) is 11.7. The lowest BCUT2D eigenvalue weighted by atomic mass is 10.3. The van der Waals surface area contributed by atoms with Gasteiger partial charge < -0.3 is 5.32 Å². The van der Waals surface area contributed by atoms with Gasteiger partial charge in [-0.1, -0.05) is 17.8 Å². The average Bonchev–Trinajstić information content (AvgIpc) is 2.83. The molecule has 2 aromatic heterocycles. The Bertz CT molecular complexity index is 581. The molecule has 7 heteroatoms. The van der Waals surface area contributed by atoms with Gasteiger partial charge in [0.1, 0.15) is 11.5 Å². The first-order valence-electron chi connectivity index (χ1n) is 5.84. The molecule has 0 aliphatic rings. The third-order valence-electron chi connectivity index (χ3n) is 2.55. The molecule has 0 aliphatic carbocycles. The maximum Gasteiger partial charge on any atom is 0.212 e. The average molecular weight is 277 g/mol. The molecule has 0 aliphatic heterocycles. The number of aromatic nitrogens is 4. The first-order valence-corrected chi connectivity index (χ1v) is 7.06. The zero-order valence-electron chi connectivity index (χ0n) is 11.0. The quantitative estimate of drug-likeness (QED) is 0.670. The molecule has 0 bridgehead atoms. The summed E-state index contributed by atoms with van der Waals surface area (Å²) >= 11 is 1.54. The lowest BCUT2D eigenvalue weighted by Crippen LogP contribution is -2.06. The van der Waals surface area contributed by atoms with Crippen LogP contribution in [0, 0.1) is 0 Å². The maximum absolute atomic E-state index is 10.5. The van der Waals surface area contributed by atoms with E-state index in [1.54, 1.807) is 17.8 Å². The summed E-state index contributed by atoms with van der Waals surface area (Å²) in [7, 11) is 0. The molecule has 0 aromatic carbocycles. The number of carbonyl (C=O) groups excluding carboxylic acids is 1. The Morgan fingerprint density at radius 2 is 2.16 bits per heavy atom. The lowest BCUT2D eigenvalue weighted by molar-refractivity contribution is -0.105. The van der Waals surface area contributed by atoms with E-state index in [9.17, 15) is 4.79 Å². The van der Waals surface area contributed by atoms with Crippen molar-refractivity contribution >= 4 is 24.0 Å². The van der Waals surface area contributed by atoms with Crippen LogP contribution in [0.3, 0.4) is 0 Å². The van der Waals surface area contributed by atoms with E-state index in [1.807, 2.05) is 23.0 Å². The number of nitrogens with one attached hydrogen (secondary N) is 1. The lowest BCUT2D eigenvalue weighted by Gasteiger charge is -2.12. The van der Waals surface area contributed by atoms with Gasteiger partial charge in [-0.25, -0.2) is 4.98 Å². The molecule has 1 amide bonds. The number of carbonyl (C=O) groups is 1. The van der Waals surface area contributed by atoms with Gasteiger partial charge in [0.15, 0.2) is 11.0 Å². The number of amides is 1. The molecule has 0 saturated heterocycles. The van der Waals surface area contributed by atoms with Gasteiger partial charge in [-0.15, -0.1) is 10.2 Å². The molecule has 0 fully saturated rings. The highest BCUT2D eigenvalue weighted by Crippen LogP contribution is 2.25. The Morgan fingerprint density at radius 3 is 2.79 bits per heavy atom. The van der Waals surface area contributed by atoms with Crippen molar-refractivity contribution in [1.82, 2.24) is 19.7 Å². The molecule has 100 valence electrons. The molecule has 0 radical (unpaired) electrons. The number of hydrogen-bond donors (Lipinski definition) is 1.